The highest BCUT2D eigenvalue weighted by Crippen LogP contribution is 2.35. The zero-order valence-electron chi connectivity index (χ0n) is 15.4. The summed E-state index contributed by atoms with van der Waals surface area (Å²) in [5, 5.41) is 0.753. The molecule has 0 aliphatic rings. The van der Waals surface area contributed by atoms with E-state index in [1.807, 2.05) is 48.5 Å². The molecule has 0 bridgehead atoms. The fraction of sp³-hybridized carbons (Fsp3) is 0.190. The summed E-state index contributed by atoms with van der Waals surface area (Å²) in [4.78, 5) is 13.4. The average molecular weight is 376 g/mol. The number of rotatable bonds is 7. The quantitative estimate of drug-likeness (QED) is 0.494. The number of hydrogen-bond donors (Lipinski definition) is 1. The second-order valence-electron chi connectivity index (χ2n) is 6.16. The van der Waals surface area contributed by atoms with Crippen LogP contribution in [0.5, 0.6) is 6.01 Å². The third kappa shape index (κ3) is 3.58. The number of fused-ring (bicyclic) bond motifs is 1. The summed E-state index contributed by atoms with van der Waals surface area (Å²) < 4.78 is 16.4. The van der Waals surface area contributed by atoms with Gasteiger partial charge >= 0.3 is 6.01 Å². The van der Waals surface area contributed by atoms with Crippen LogP contribution < -0.4 is 10.5 Å². The molecule has 7 heteroatoms. The van der Waals surface area contributed by atoms with Crippen LogP contribution in [0.2, 0.25) is 0 Å². The van der Waals surface area contributed by atoms with Crippen molar-refractivity contribution in [3.63, 3.8) is 0 Å². The number of ether oxygens (including phenoxy) is 2. The van der Waals surface area contributed by atoms with Gasteiger partial charge in [-0.3, -0.25) is 4.98 Å². The number of furan rings is 1. The van der Waals surface area contributed by atoms with Crippen molar-refractivity contribution in [3.05, 3.63) is 72.4 Å². The highest BCUT2D eigenvalue weighted by Gasteiger charge is 2.23. The molecule has 3 heterocycles. The number of nitrogens with two attached hydrogens (primary N) is 1. The molecular weight excluding hydrogens is 356 g/mol. The molecule has 0 saturated carbocycles. The number of nitrogens with zero attached hydrogens (tertiary/aromatic N) is 3. The molecule has 7 nitrogen and oxygen atoms in total. The van der Waals surface area contributed by atoms with E-state index in [1.165, 1.54) is 0 Å². The zero-order valence-corrected chi connectivity index (χ0v) is 15.4. The van der Waals surface area contributed by atoms with Crippen molar-refractivity contribution < 1.29 is 13.9 Å². The molecule has 3 aromatic heterocycles. The molecule has 0 amide bonds. The van der Waals surface area contributed by atoms with Crippen LogP contribution in [0.4, 0.5) is 0 Å². The maximum Gasteiger partial charge on any atom is 0.320 e. The van der Waals surface area contributed by atoms with Crippen molar-refractivity contribution in [3.8, 4) is 17.1 Å². The van der Waals surface area contributed by atoms with Gasteiger partial charge < -0.3 is 19.6 Å². The number of methoxy groups -OCH3 is 1. The maximum absolute atomic E-state index is 6.54. The van der Waals surface area contributed by atoms with Crippen LogP contribution in [0.1, 0.15) is 17.4 Å². The Hall–Kier alpha value is -3.29. The van der Waals surface area contributed by atoms with Gasteiger partial charge in [0, 0.05) is 18.9 Å². The molecule has 4 aromatic rings. The first-order valence-electron chi connectivity index (χ1n) is 8.90. The van der Waals surface area contributed by atoms with E-state index < -0.39 is 6.04 Å². The summed E-state index contributed by atoms with van der Waals surface area (Å²) in [5.74, 6) is 0. The van der Waals surface area contributed by atoms with Gasteiger partial charge in [0.05, 0.1) is 29.4 Å². The van der Waals surface area contributed by atoms with Gasteiger partial charge in [-0.25, -0.2) is 0 Å². The lowest BCUT2D eigenvalue weighted by Crippen LogP contribution is -2.17. The third-order valence-corrected chi connectivity index (χ3v) is 4.35. The summed E-state index contributed by atoms with van der Waals surface area (Å²) >= 11 is 0. The molecule has 28 heavy (non-hydrogen) atoms. The van der Waals surface area contributed by atoms with Crippen LogP contribution in [-0.2, 0) is 4.74 Å². The van der Waals surface area contributed by atoms with Crippen LogP contribution in [0.25, 0.3) is 22.2 Å². The average Bonchev–Trinajstić information content (AvgIpc) is 3.18. The minimum Gasteiger partial charge on any atom is -0.461 e. The van der Waals surface area contributed by atoms with Gasteiger partial charge in [-0.15, -0.1) is 0 Å². The lowest BCUT2D eigenvalue weighted by Gasteiger charge is -2.14. The van der Waals surface area contributed by atoms with Gasteiger partial charge in [0.25, 0.3) is 0 Å². The van der Waals surface area contributed by atoms with Gasteiger partial charge in [-0.1, -0.05) is 36.4 Å². The van der Waals surface area contributed by atoms with Crippen molar-refractivity contribution in [1.29, 1.82) is 0 Å². The van der Waals surface area contributed by atoms with Crippen LogP contribution >= 0.6 is 0 Å². The van der Waals surface area contributed by atoms with E-state index in [4.69, 9.17) is 19.6 Å². The fourth-order valence-corrected chi connectivity index (χ4v) is 2.98. The van der Waals surface area contributed by atoms with Gasteiger partial charge in [0.1, 0.15) is 12.9 Å². The number of hydrogen-bond acceptors (Lipinski definition) is 7. The molecule has 0 spiro atoms. The Kier molecular flexibility index (Phi) is 5.27. The monoisotopic (exact) mass is 376 g/mol. The summed E-state index contributed by atoms with van der Waals surface area (Å²) in [6.07, 6.45) is 3.37. The van der Waals surface area contributed by atoms with Crippen molar-refractivity contribution in [2.24, 2.45) is 5.73 Å². The van der Waals surface area contributed by atoms with Crippen molar-refractivity contribution in [1.82, 2.24) is 15.0 Å². The molecule has 1 unspecified atom stereocenters. The Bertz CT molecular complexity index is 1050. The normalized spacial score (nSPS) is 12.2. The Morgan fingerprint density at radius 1 is 1.04 bits per heavy atom. The lowest BCUT2D eigenvalue weighted by molar-refractivity contribution is 0.140. The largest absolute Gasteiger partial charge is 0.461 e. The Morgan fingerprint density at radius 3 is 2.61 bits per heavy atom. The van der Waals surface area contributed by atoms with E-state index in [-0.39, 0.29) is 6.01 Å². The first kappa shape index (κ1) is 18.1. The number of pyridine rings is 1. The third-order valence-electron chi connectivity index (χ3n) is 4.35. The first-order valence-corrected chi connectivity index (χ1v) is 8.90. The Morgan fingerprint density at radius 2 is 1.86 bits per heavy atom. The molecule has 1 atom stereocenters. The van der Waals surface area contributed by atoms with E-state index in [0.717, 1.165) is 16.5 Å². The molecule has 4 rings (SSSR count). The summed E-state index contributed by atoms with van der Waals surface area (Å²) in [6, 6.07) is 15.1. The second-order valence-corrected chi connectivity index (χ2v) is 6.16. The molecular formula is C21H20N4O3. The van der Waals surface area contributed by atoms with Crippen molar-refractivity contribution in [2.45, 2.75) is 6.04 Å². The van der Waals surface area contributed by atoms with Gasteiger partial charge in [0.15, 0.2) is 0 Å². The van der Waals surface area contributed by atoms with Crippen molar-refractivity contribution >= 4 is 11.1 Å². The molecule has 0 radical (unpaired) electrons. The topological polar surface area (TPSA) is 96.3 Å². The van der Waals surface area contributed by atoms with Crippen LogP contribution in [0.15, 0.2) is 65.4 Å². The molecule has 0 fully saturated rings. The summed E-state index contributed by atoms with van der Waals surface area (Å²) in [6.45, 7) is 0.753. The number of aromatic nitrogens is 3. The predicted octanol–water partition coefficient (Wildman–Crippen LogP) is 3.36. The van der Waals surface area contributed by atoms with Gasteiger partial charge in [0.2, 0.25) is 5.71 Å². The van der Waals surface area contributed by atoms with Crippen molar-refractivity contribution in [2.75, 3.05) is 20.3 Å². The fourth-order valence-electron chi connectivity index (χ4n) is 2.98. The predicted molar refractivity (Wildman–Crippen MR) is 105 cm³/mol. The molecule has 142 valence electrons. The second kappa shape index (κ2) is 8.16. The molecule has 2 N–H and O–H groups in total. The highest BCUT2D eigenvalue weighted by molar-refractivity contribution is 5.94. The van der Waals surface area contributed by atoms with Crippen LogP contribution in [0, 0.1) is 0 Å². The van der Waals surface area contributed by atoms with E-state index in [2.05, 4.69) is 15.0 Å². The molecule has 0 saturated heterocycles. The molecule has 1 aromatic carbocycles. The van der Waals surface area contributed by atoms with E-state index in [9.17, 15) is 0 Å². The maximum atomic E-state index is 6.54. The molecule has 0 aliphatic carbocycles. The standard InChI is InChI=1S/C21H20N4O3/c1-26-11-12-27-21-24-19(18(22)16-9-5-6-10-23-16)17-15(13-28-20(17)25-21)14-7-3-2-4-8-14/h2-10,13,18H,11-12,22H2,1H3. The van der Waals surface area contributed by atoms with E-state index in [0.29, 0.717) is 30.3 Å². The summed E-state index contributed by atoms with van der Waals surface area (Å²) in [5.41, 5.74) is 10.1. The Labute approximate surface area is 162 Å². The van der Waals surface area contributed by atoms with Crippen LogP contribution in [-0.4, -0.2) is 35.3 Å². The number of benzene rings is 1. The lowest BCUT2D eigenvalue weighted by atomic mass is 10.0. The van der Waals surface area contributed by atoms with Crippen LogP contribution in [0.3, 0.4) is 0 Å². The van der Waals surface area contributed by atoms with E-state index >= 15 is 0 Å². The minimum atomic E-state index is -0.559. The van der Waals surface area contributed by atoms with Gasteiger partial charge in [-0.05, 0) is 17.7 Å². The summed E-state index contributed by atoms with van der Waals surface area (Å²) in [7, 11) is 1.61. The Balaban J connectivity index is 1.86. The first-order chi connectivity index (χ1) is 13.8. The van der Waals surface area contributed by atoms with Gasteiger partial charge in [-0.2, -0.15) is 9.97 Å². The minimum absolute atomic E-state index is 0.194. The molecule has 0 aliphatic heterocycles. The zero-order chi connectivity index (χ0) is 19.3. The smallest absolute Gasteiger partial charge is 0.320 e. The SMILES string of the molecule is COCCOc1nc(C(N)c2ccccn2)c2c(-c3ccccc3)coc2n1. The highest BCUT2D eigenvalue weighted by atomic mass is 16.5. The van der Waals surface area contributed by atoms with E-state index in [1.54, 1.807) is 19.6 Å².